The number of hydrogen-bond donors (Lipinski definition) is 2. The van der Waals surface area contributed by atoms with Gasteiger partial charge in [-0.25, -0.2) is 4.98 Å². The van der Waals surface area contributed by atoms with Crippen LogP contribution in [0.1, 0.15) is 11.5 Å². The molecule has 0 aliphatic carbocycles. The van der Waals surface area contributed by atoms with E-state index in [0.717, 1.165) is 17.2 Å². The van der Waals surface area contributed by atoms with Gasteiger partial charge in [-0.05, 0) is 13.8 Å². The number of nitrogens with two attached hydrogens (primary N) is 1. The topological polar surface area (TPSA) is 111 Å². The lowest BCUT2D eigenvalue weighted by Gasteiger charge is -2.01. The highest BCUT2D eigenvalue weighted by Gasteiger charge is 2.14. The van der Waals surface area contributed by atoms with Gasteiger partial charge >= 0.3 is 0 Å². The molecular weight excluding hydrogens is 220 g/mol. The van der Waals surface area contributed by atoms with E-state index in [9.17, 15) is 0 Å². The second kappa shape index (κ2) is 3.24. The fourth-order valence-electron chi connectivity index (χ4n) is 1.76. The van der Waals surface area contributed by atoms with Crippen molar-refractivity contribution in [1.29, 1.82) is 0 Å². The predicted molar refractivity (Wildman–Crippen MR) is 60.0 cm³/mol. The summed E-state index contributed by atoms with van der Waals surface area (Å²) in [7, 11) is 0. The maximum Gasteiger partial charge on any atom is 0.239 e. The van der Waals surface area contributed by atoms with Crippen LogP contribution < -0.4 is 5.73 Å². The molecule has 0 saturated carbocycles. The molecule has 3 rings (SSSR count). The van der Waals surface area contributed by atoms with Gasteiger partial charge in [0.25, 0.3) is 0 Å². The van der Waals surface area contributed by atoms with Crippen molar-refractivity contribution in [3.63, 3.8) is 0 Å². The van der Waals surface area contributed by atoms with Crippen molar-refractivity contribution in [3.8, 4) is 11.6 Å². The number of nitrogen functional groups attached to an aromatic ring is 1. The van der Waals surface area contributed by atoms with Crippen LogP contribution in [-0.2, 0) is 0 Å². The first-order valence-corrected chi connectivity index (χ1v) is 5.03. The predicted octanol–water partition coefficient (Wildman–Crippen LogP) is 0.108. The molecule has 17 heavy (non-hydrogen) atoms. The van der Waals surface area contributed by atoms with E-state index in [-0.39, 0.29) is 5.95 Å². The first-order valence-electron chi connectivity index (χ1n) is 5.03. The minimum absolute atomic E-state index is 0.175. The van der Waals surface area contributed by atoms with Crippen LogP contribution in [0, 0.1) is 13.8 Å². The Morgan fingerprint density at radius 1 is 1.24 bits per heavy atom. The molecule has 0 aliphatic heterocycles. The fraction of sp³-hybridized carbons (Fsp3) is 0.222. The van der Waals surface area contributed by atoms with E-state index in [4.69, 9.17) is 5.73 Å². The third-order valence-electron chi connectivity index (χ3n) is 2.40. The molecule has 3 aromatic rings. The molecule has 0 spiro atoms. The summed E-state index contributed by atoms with van der Waals surface area (Å²) in [6.07, 6.45) is 0. The van der Waals surface area contributed by atoms with Gasteiger partial charge in [0.2, 0.25) is 11.8 Å². The van der Waals surface area contributed by atoms with E-state index < -0.39 is 0 Å². The van der Waals surface area contributed by atoms with Crippen molar-refractivity contribution in [2.45, 2.75) is 13.8 Å². The lowest BCUT2D eigenvalue weighted by Crippen LogP contribution is -2.00. The third-order valence-corrected chi connectivity index (χ3v) is 2.40. The van der Waals surface area contributed by atoms with Crippen LogP contribution in [0.25, 0.3) is 17.3 Å². The number of nitrogens with zero attached hydrogens (tertiary/aromatic N) is 6. The Bertz CT molecular complexity index is 694. The number of aromatic amines is 1. The Balaban J connectivity index is 2.31. The van der Waals surface area contributed by atoms with Gasteiger partial charge in [-0.3, -0.25) is 9.50 Å². The van der Waals surface area contributed by atoms with E-state index in [2.05, 4.69) is 30.4 Å². The van der Waals surface area contributed by atoms with Gasteiger partial charge in [-0.15, -0.1) is 15.3 Å². The van der Waals surface area contributed by atoms with Gasteiger partial charge in [-0.1, -0.05) is 0 Å². The fourth-order valence-corrected chi connectivity index (χ4v) is 1.76. The van der Waals surface area contributed by atoms with Crippen LogP contribution in [0.5, 0.6) is 0 Å². The van der Waals surface area contributed by atoms with Crippen molar-refractivity contribution in [3.05, 3.63) is 17.6 Å². The minimum Gasteiger partial charge on any atom is -0.366 e. The molecule has 0 amide bonds. The Hall–Kier alpha value is -2.51. The Morgan fingerprint density at radius 2 is 2.06 bits per heavy atom. The first kappa shape index (κ1) is 9.70. The summed E-state index contributed by atoms with van der Waals surface area (Å²) < 4.78 is 1.80. The summed E-state index contributed by atoms with van der Waals surface area (Å²) in [6, 6.07) is 1.85. The molecule has 8 nitrogen and oxygen atoms in total. The molecule has 0 radical (unpaired) electrons. The lowest BCUT2D eigenvalue weighted by molar-refractivity contribution is 0.949. The average Bonchev–Trinajstić information content (AvgIpc) is 2.83. The van der Waals surface area contributed by atoms with E-state index >= 15 is 0 Å². The summed E-state index contributed by atoms with van der Waals surface area (Å²) in [6.45, 7) is 3.79. The average molecular weight is 230 g/mol. The van der Waals surface area contributed by atoms with Gasteiger partial charge in [0.15, 0.2) is 11.5 Å². The molecule has 0 aliphatic rings. The number of hydrogen-bond acceptors (Lipinski definition) is 6. The summed E-state index contributed by atoms with van der Waals surface area (Å²) >= 11 is 0. The van der Waals surface area contributed by atoms with Gasteiger partial charge < -0.3 is 5.73 Å². The van der Waals surface area contributed by atoms with Crippen LogP contribution >= 0.6 is 0 Å². The summed E-state index contributed by atoms with van der Waals surface area (Å²) in [4.78, 5) is 8.38. The number of anilines is 1. The molecule has 0 bridgehead atoms. The van der Waals surface area contributed by atoms with Gasteiger partial charge in [0, 0.05) is 11.8 Å². The van der Waals surface area contributed by atoms with Crippen LogP contribution in [-0.4, -0.2) is 34.8 Å². The zero-order chi connectivity index (χ0) is 12.0. The molecule has 8 heteroatoms. The second-order valence-electron chi connectivity index (χ2n) is 3.70. The highest BCUT2D eigenvalue weighted by atomic mass is 15.3. The van der Waals surface area contributed by atoms with Gasteiger partial charge in [-0.2, -0.15) is 4.98 Å². The lowest BCUT2D eigenvalue weighted by atomic mass is 10.4. The van der Waals surface area contributed by atoms with E-state index in [0.29, 0.717) is 11.6 Å². The van der Waals surface area contributed by atoms with E-state index in [1.165, 1.54) is 0 Å². The maximum atomic E-state index is 5.46. The highest BCUT2D eigenvalue weighted by molar-refractivity contribution is 5.53. The first-order chi connectivity index (χ1) is 8.15. The summed E-state index contributed by atoms with van der Waals surface area (Å²) in [5, 5.41) is 14.6. The van der Waals surface area contributed by atoms with Crippen molar-refractivity contribution in [2.75, 3.05) is 5.73 Å². The number of rotatable bonds is 1. The molecule has 0 aromatic carbocycles. The number of aromatic nitrogens is 7. The zero-order valence-corrected chi connectivity index (χ0v) is 9.34. The van der Waals surface area contributed by atoms with Gasteiger partial charge in [0.1, 0.15) is 5.82 Å². The largest absolute Gasteiger partial charge is 0.366 e. The molecular formula is C9H10N8. The third kappa shape index (κ3) is 1.41. The normalized spacial score (nSPS) is 11.2. The van der Waals surface area contributed by atoms with Crippen LogP contribution in [0.4, 0.5) is 5.95 Å². The number of nitrogens with one attached hydrogen (secondary N) is 1. The van der Waals surface area contributed by atoms with Crippen LogP contribution in [0.15, 0.2) is 6.07 Å². The van der Waals surface area contributed by atoms with E-state index in [1.807, 2.05) is 19.9 Å². The van der Waals surface area contributed by atoms with Gasteiger partial charge in [0.05, 0.1) is 0 Å². The molecule has 3 N–H and O–H groups in total. The van der Waals surface area contributed by atoms with Crippen LogP contribution in [0.3, 0.4) is 0 Å². The maximum absolute atomic E-state index is 5.46. The zero-order valence-electron chi connectivity index (χ0n) is 9.34. The number of fused-ring (bicyclic) bond motifs is 1. The molecule has 0 fully saturated rings. The summed E-state index contributed by atoms with van der Waals surface area (Å²) in [5.74, 6) is 1.99. The second-order valence-corrected chi connectivity index (χ2v) is 3.70. The quantitative estimate of drug-likeness (QED) is 0.613. The smallest absolute Gasteiger partial charge is 0.239 e. The Morgan fingerprint density at radius 3 is 2.76 bits per heavy atom. The summed E-state index contributed by atoms with van der Waals surface area (Å²) in [5.41, 5.74) is 7.08. The number of H-pyrrole nitrogens is 1. The standard InChI is InChI=1S/C9H10N8/c1-4-3-6-13-15-8(17(6)5(2)11-4)7-12-9(10)16-14-7/h3H,1-2H3,(H3,10,12,14,16). The molecule has 3 heterocycles. The molecule has 3 aromatic heterocycles. The molecule has 86 valence electrons. The van der Waals surface area contributed by atoms with Crippen molar-refractivity contribution < 1.29 is 0 Å². The van der Waals surface area contributed by atoms with Crippen molar-refractivity contribution in [2.24, 2.45) is 0 Å². The Labute approximate surface area is 95.9 Å². The Kier molecular flexibility index (Phi) is 1.85. The minimum atomic E-state index is 0.175. The van der Waals surface area contributed by atoms with E-state index in [1.54, 1.807) is 4.40 Å². The van der Waals surface area contributed by atoms with Crippen molar-refractivity contribution in [1.82, 2.24) is 34.8 Å². The molecule has 0 saturated heterocycles. The highest BCUT2D eigenvalue weighted by Crippen LogP contribution is 2.16. The van der Waals surface area contributed by atoms with Crippen molar-refractivity contribution >= 4 is 11.6 Å². The monoisotopic (exact) mass is 230 g/mol. The number of aryl methyl sites for hydroxylation is 2. The molecule has 0 atom stereocenters. The SMILES string of the molecule is Cc1cc2nnc(-c3nc(N)n[nH]3)n2c(C)n1. The molecule has 0 unspecified atom stereocenters. The van der Waals surface area contributed by atoms with Crippen LogP contribution in [0.2, 0.25) is 0 Å².